The number of halogens is 2. The van der Waals surface area contributed by atoms with Gasteiger partial charge in [0.05, 0.1) is 0 Å². The maximum absolute atomic E-state index is 3.46. The zero-order valence-corrected chi connectivity index (χ0v) is 14.6. The number of aromatic nitrogens is 1. The number of nitrogens with zero attached hydrogens (tertiary/aromatic N) is 1. The van der Waals surface area contributed by atoms with Crippen LogP contribution >= 0.6 is 15.9 Å². The third kappa shape index (κ3) is 6.02. The van der Waals surface area contributed by atoms with Crippen molar-refractivity contribution in [1.82, 2.24) is 0 Å². The summed E-state index contributed by atoms with van der Waals surface area (Å²) in [4.78, 5) is 0. The van der Waals surface area contributed by atoms with Gasteiger partial charge in [-0.05, 0) is 17.5 Å². The van der Waals surface area contributed by atoms with E-state index < -0.39 is 0 Å². The van der Waals surface area contributed by atoms with E-state index in [9.17, 15) is 0 Å². The average Bonchev–Trinajstić information content (AvgIpc) is 2.48. The molecule has 106 valence electrons. The molecule has 0 saturated carbocycles. The van der Waals surface area contributed by atoms with Crippen molar-refractivity contribution in [2.45, 2.75) is 19.4 Å². The van der Waals surface area contributed by atoms with Gasteiger partial charge in [0.2, 0.25) is 0 Å². The molecule has 0 saturated heterocycles. The van der Waals surface area contributed by atoms with Crippen LogP contribution in [0, 0.1) is 0 Å². The Morgan fingerprint density at radius 2 is 1.45 bits per heavy atom. The standard InChI is InChI=1S/C17H19BrN.BrH/c18-12-4-5-13-19-14-10-17(11-15-19)9-8-16-6-2-1-3-7-16;/h1-3,6-11,14-15H,4-5,12-13H2;1H/q+1;/p-1/b9-8+;. The molecular weight excluding hydrogens is 378 g/mol. The van der Waals surface area contributed by atoms with Crippen molar-refractivity contribution in [2.75, 3.05) is 5.33 Å². The van der Waals surface area contributed by atoms with Crippen molar-refractivity contribution in [2.24, 2.45) is 0 Å². The molecule has 2 rings (SSSR count). The van der Waals surface area contributed by atoms with Crippen LogP contribution in [-0.2, 0) is 6.54 Å². The number of unbranched alkanes of at least 4 members (excludes halogenated alkanes) is 1. The van der Waals surface area contributed by atoms with E-state index in [2.05, 4.69) is 81.4 Å². The first-order valence-electron chi connectivity index (χ1n) is 6.67. The van der Waals surface area contributed by atoms with E-state index >= 15 is 0 Å². The SMILES string of the molecule is BrCCCC[n+]1ccc(/C=C/c2ccccc2)cc1.[Br-]. The highest BCUT2D eigenvalue weighted by atomic mass is 79.9. The summed E-state index contributed by atoms with van der Waals surface area (Å²) in [6.45, 7) is 1.09. The van der Waals surface area contributed by atoms with E-state index in [4.69, 9.17) is 0 Å². The third-order valence-electron chi connectivity index (χ3n) is 2.98. The van der Waals surface area contributed by atoms with Gasteiger partial charge in [-0.15, -0.1) is 0 Å². The second kappa shape index (κ2) is 9.89. The summed E-state index contributed by atoms with van der Waals surface area (Å²) in [6, 6.07) is 14.7. The normalized spacial score (nSPS) is 10.4. The molecule has 1 aromatic carbocycles. The van der Waals surface area contributed by atoms with Gasteiger partial charge in [-0.1, -0.05) is 58.4 Å². The highest BCUT2D eigenvalue weighted by Gasteiger charge is 1.98. The van der Waals surface area contributed by atoms with Crippen LogP contribution < -0.4 is 21.5 Å². The van der Waals surface area contributed by atoms with E-state index in [0.717, 1.165) is 11.9 Å². The van der Waals surface area contributed by atoms with Crippen molar-refractivity contribution in [3.63, 3.8) is 0 Å². The number of hydrogen-bond donors (Lipinski definition) is 0. The zero-order valence-electron chi connectivity index (χ0n) is 11.4. The molecular formula is C17H19Br2N. The zero-order chi connectivity index (χ0) is 13.3. The van der Waals surface area contributed by atoms with Crippen LogP contribution in [-0.4, -0.2) is 5.33 Å². The molecule has 0 N–H and O–H groups in total. The lowest BCUT2D eigenvalue weighted by Gasteiger charge is -1.97. The first kappa shape index (κ1) is 17.1. The molecule has 1 heterocycles. The second-order valence-corrected chi connectivity index (χ2v) is 5.30. The quantitative estimate of drug-likeness (QED) is 0.394. The van der Waals surface area contributed by atoms with Crippen LogP contribution in [0.3, 0.4) is 0 Å². The lowest BCUT2D eigenvalue weighted by atomic mass is 10.1. The van der Waals surface area contributed by atoms with E-state index in [-0.39, 0.29) is 17.0 Å². The Morgan fingerprint density at radius 3 is 2.05 bits per heavy atom. The maximum Gasteiger partial charge on any atom is 0.169 e. The highest BCUT2D eigenvalue weighted by molar-refractivity contribution is 9.09. The minimum absolute atomic E-state index is 0. The van der Waals surface area contributed by atoms with Gasteiger partial charge in [-0.3, -0.25) is 0 Å². The molecule has 2 aromatic rings. The summed E-state index contributed by atoms with van der Waals surface area (Å²) in [7, 11) is 0. The summed E-state index contributed by atoms with van der Waals surface area (Å²) in [6.07, 6.45) is 11.0. The number of rotatable bonds is 6. The molecule has 0 bridgehead atoms. The summed E-state index contributed by atoms with van der Waals surface area (Å²) in [5, 5.41) is 1.09. The van der Waals surface area contributed by atoms with E-state index in [0.29, 0.717) is 0 Å². The van der Waals surface area contributed by atoms with Gasteiger partial charge in [0.1, 0.15) is 6.54 Å². The Kier molecular flexibility index (Phi) is 8.47. The Morgan fingerprint density at radius 1 is 0.850 bits per heavy atom. The van der Waals surface area contributed by atoms with Crippen LogP contribution in [0.2, 0.25) is 0 Å². The van der Waals surface area contributed by atoms with Crippen molar-refractivity contribution < 1.29 is 21.5 Å². The molecule has 0 aliphatic rings. The minimum Gasteiger partial charge on any atom is -1.00 e. The van der Waals surface area contributed by atoms with E-state index in [1.165, 1.54) is 24.0 Å². The Bertz CT molecular complexity index is 506. The number of benzene rings is 1. The monoisotopic (exact) mass is 395 g/mol. The number of pyridine rings is 1. The molecule has 0 amide bonds. The fourth-order valence-electron chi connectivity index (χ4n) is 1.87. The number of hydrogen-bond acceptors (Lipinski definition) is 0. The fraction of sp³-hybridized carbons (Fsp3) is 0.235. The molecule has 0 radical (unpaired) electrons. The van der Waals surface area contributed by atoms with Crippen molar-refractivity contribution >= 4 is 28.1 Å². The van der Waals surface area contributed by atoms with Crippen LogP contribution in [0.4, 0.5) is 0 Å². The van der Waals surface area contributed by atoms with Crippen molar-refractivity contribution in [3.05, 3.63) is 66.0 Å². The molecule has 0 fully saturated rings. The van der Waals surface area contributed by atoms with Gasteiger partial charge in [-0.25, -0.2) is 4.57 Å². The molecule has 0 unspecified atom stereocenters. The van der Waals surface area contributed by atoms with Crippen LogP contribution in [0.5, 0.6) is 0 Å². The van der Waals surface area contributed by atoms with E-state index in [1.54, 1.807) is 0 Å². The van der Waals surface area contributed by atoms with Crippen molar-refractivity contribution in [3.8, 4) is 0 Å². The largest absolute Gasteiger partial charge is 1.00 e. The first-order chi connectivity index (χ1) is 9.38. The van der Waals surface area contributed by atoms with Gasteiger partial charge in [-0.2, -0.15) is 0 Å². The van der Waals surface area contributed by atoms with Gasteiger partial charge >= 0.3 is 0 Å². The van der Waals surface area contributed by atoms with Crippen LogP contribution in [0.25, 0.3) is 12.2 Å². The van der Waals surface area contributed by atoms with E-state index in [1.807, 2.05) is 6.07 Å². The predicted molar refractivity (Wildman–Crippen MR) is 85.0 cm³/mol. The van der Waals surface area contributed by atoms with Gasteiger partial charge in [0.25, 0.3) is 0 Å². The molecule has 0 aliphatic carbocycles. The molecule has 0 atom stereocenters. The summed E-state index contributed by atoms with van der Waals surface area (Å²) >= 11 is 3.46. The van der Waals surface area contributed by atoms with Gasteiger partial charge in [0, 0.05) is 23.9 Å². The van der Waals surface area contributed by atoms with Crippen molar-refractivity contribution in [1.29, 1.82) is 0 Å². The molecule has 0 aliphatic heterocycles. The Balaban J connectivity index is 0.00000200. The number of alkyl halides is 1. The lowest BCUT2D eigenvalue weighted by molar-refractivity contribution is -0.697. The summed E-state index contributed by atoms with van der Waals surface area (Å²) in [5.41, 5.74) is 2.47. The average molecular weight is 397 g/mol. The van der Waals surface area contributed by atoms with Crippen LogP contribution in [0.15, 0.2) is 54.9 Å². The molecule has 20 heavy (non-hydrogen) atoms. The molecule has 1 aromatic heterocycles. The molecule has 3 heteroatoms. The minimum atomic E-state index is 0. The first-order valence-corrected chi connectivity index (χ1v) is 7.79. The van der Waals surface area contributed by atoms with Gasteiger partial charge < -0.3 is 17.0 Å². The summed E-state index contributed by atoms with van der Waals surface area (Å²) < 4.78 is 2.24. The fourth-order valence-corrected chi connectivity index (χ4v) is 2.27. The maximum atomic E-state index is 3.46. The Hall–Kier alpha value is -0.930. The second-order valence-electron chi connectivity index (χ2n) is 4.51. The third-order valence-corrected chi connectivity index (χ3v) is 3.55. The smallest absolute Gasteiger partial charge is 0.169 e. The Labute approximate surface area is 140 Å². The lowest BCUT2D eigenvalue weighted by Crippen LogP contribution is -3.00. The number of aryl methyl sites for hydroxylation is 1. The molecule has 1 nitrogen and oxygen atoms in total. The van der Waals surface area contributed by atoms with Crippen LogP contribution in [0.1, 0.15) is 24.0 Å². The summed E-state index contributed by atoms with van der Waals surface area (Å²) in [5.74, 6) is 0. The topological polar surface area (TPSA) is 3.88 Å². The predicted octanol–water partition coefficient (Wildman–Crippen LogP) is 1.32. The highest BCUT2D eigenvalue weighted by Crippen LogP contribution is 2.06. The molecule has 0 spiro atoms. The van der Waals surface area contributed by atoms with Gasteiger partial charge in [0.15, 0.2) is 12.4 Å².